The first-order valence-electron chi connectivity index (χ1n) is 8.38. The highest BCUT2D eigenvalue weighted by Crippen LogP contribution is 2.25. The Hall–Kier alpha value is -3.25. The van der Waals surface area contributed by atoms with E-state index in [1.807, 2.05) is 48.5 Å². The van der Waals surface area contributed by atoms with E-state index >= 15 is 0 Å². The number of thiazole rings is 1. The molecule has 0 saturated carbocycles. The number of halogens is 1. The third kappa shape index (κ3) is 4.48. The van der Waals surface area contributed by atoms with Crippen LogP contribution in [0.5, 0.6) is 5.75 Å². The number of aromatic nitrogens is 1. The van der Waals surface area contributed by atoms with Crippen LogP contribution in [0.2, 0.25) is 0 Å². The van der Waals surface area contributed by atoms with Crippen LogP contribution in [0.4, 0.5) is 9.52 Å². The Bertz CT molecular complexity index is 1030. The molecule has 27 heavy (non-hydrogen) atoms. The van der Waals surface area contributed by atoms with Gasteiger partial charge in [0, 0.05) is 0 Å². The van der Waals surface area contributed by atoms with Gasteiger partial charge in [-0.25, -0.2) is 9.37 Å². The Morgan fingerprint density at radius 3 is 2.56 bits per heavy atom. The van der Waals surface area contributed by atoms with Crippen molar-refractivity contribution in [2.75, 3.05) is 5.43 Å². The minimum absolute atomic E-state index is 0.248. The molecule has 0 spiro atoms. The van der Waals surface area contributed by atoms with Crippen molar-refractivity contribution in [1.82, 2.24) is 4.98 Å². The van der Waals surface area contributed by atoms with Crippen LogP contribution in [0.15, 0.2) is 77.9 Å². The van der Waals surface area contributed by atoms with Gasteiger partial charge >= 0.3 is 0 Å². The fourth-order valence-corrected chi connectivity index (χ4v) is 3.29. The first-order chi connectivity index (χ1) is 13.3. The van der Waals surface area contributed by atoms with Crippen molar-refractivity contribution >= 4 is 32.9 Å². The largest absolute Gasteiger partial charge is 0.489 e. The molecule has 0 radical (unpaired) electrons. The predicted octanol–water partition coefficient (Wildman–Crippen LogP) is 5.46. The van der Waals surface area contributed by atoms with E-state index in [1.165, 1.54) is 12.1 Å². The quantitative estimate of drug-likeness (QED) is 0.358. The second-order valence-electron chi connectivity index (χ2n) is 5.84. The summed E-state index contributed by atoms with van der Waals surface area (Å²) in [5.74, 6) is 0.498. The molecule has 4 nitrogen and oxygen atoms in total. The number of ether oxygens (including phenoxy) is 1. The van der Waals surface area contributed by atoms with E-state index in [-0.39, 0.29) is 5.82 Å². The Kier molecular flexibility index (Phi) is 5.07. The smallest absolute Gasteiger partial charge is 0.204 e. The number of nitrogens with zero attached hydrogens (tertiary/aromatic N) is 2. The summed E-state index contributed by atoms with van der Waals surface area (Å²) in [5, 5.41) is 4.99. The molecule has 6 heteroatoms. The highest BCUT2D eigenvalue weighted by atomic mass is 32.1. The molecule has 0 bridgehead atoms. The van der Waals surface area contributed by atoms with Gasteiger partial charge < -0.3 is 4.74 Å². The first kappa shape index (κ1) is 17.2. The zero-order valence-electron chi connectivity index (χ0n) is 14.3. The maximum Gasteiger partial charge on any atom is 0.204 e. The zero-order valence-corrected chi connectivity index (χ0v) is 15.1. The molecule has 0 aliphatic rings. The number of rotatable bonds is 6. The van der Waals surface area contributed by atoms with Crippen LogP contribution in [0.25, 0.3) is 10.2 Å². The third-order valence-corrected chi connectivity index (χ3v) is 4.81. The molecule has 134 valence electrons. The number of fused-ring (bicyclic) bond motifs is 1. The van der Waals surface area contributed by atoms with Gasteiger partial charge in [-0.1, -0.05) is 35.6 Å². The van der Waals surface area contributed by atoms with Gasteiger partial charge in [0.05, 0.1) is 16.4 Å². The highest BCUT2D eigenvalue weighted by molar-refractivity contribution is 7.22. The second-order valence-corrected chi connectivity index (χ2v) is 6.87. The summed E-state index contributed by atoms with van der Waals surface area (Å²) in [5.41, 5.74) is 5.79. The predicted molar refractivity (Wildman–Crippen MR) is 108 cm³/mol. The molecule has 3 aromatic carbocycles. The van der Waals surface area contributed by atoms with Crippen molar-refractivity contribution in [2.24, 2.45) is 5.10 Å². The minimum Gasteiger partial charge on any atom is -0.489 e. The lowest BCUT2D eigenvalue weighted by Gasteiger charge is -2.06. The molecule has 0 aliphatic heterocycles. The van der Waals surface area contributed by atoms with Crippen molar-refractivity contribution < 1.29 is 9.13 Å². The summed E-state index contributed by atoms with van der Waals surface area (Å²) < 4.78 is 19.7. The van der Waals surface area contributed by atoms with Crippen molar-refractivity contribution in [2.45, 2.75) is 6.61 Å². The highest BCUT2D eigenvalue weighted by Gasteiger charge is 2.01. The fraction of sp³-hybridized carbons (Fsp3) is 0.0476. The average Bonchev–Trinajstić information content (AvgIpc) is 3.11. The van der Waals surface area contributed by atoms with E-state index in [1.54, 1.807) is 29.7 Å². The van der Waals surface area contributed by atoms with Crippen LogP contribution in [-0.2, 0) is 6.61 Å². The van der Waals surface area contributed by atoms with Crippen LogP contribution in [0.3, 0.4) is 0 Å². The molecular weight excluding hydrogens is 361 g/mol. The van der Waals surface area contributed by atoms with Gasteiger partial charge in [0.2, 0.25) is 5.13 Å². The molecule has 4 rings (SSSR count). The number of para-hydroxylation sites is 1. The summed E-state index contributed by atoms with van der Waals surface area (Å²) in [7, 11) is 0. The number of hydrazone groups is 1. The monoisotopic (exact) mass is 377 g/mol. The topological polar surface area (TPSA) is 46.5 Å². The second kappa shape index (κ2) is 7.97. The zero-order chi connectivity index (χ0) is 18.5. The van der Waals surface area contributed by atoms with E-state index in [0.29, 0.717) is 6.61 Å². The lowest BCUT2D eigenvalue weighted by atomic mass is 10.2. The SMILES string of the molecule is Fc1ccc(COc2ccc(/C=N/Nc3nc4ccccc4s3)cc2)cc1. The third-order valence-electron chi connectivity index (χ3n) is 3.87. The van der Waals surface area contributed by atoms with E-state index < -0.39 is 0 Å². The molecule has 1 N–H and O–H groups in total. The molecular formula is C21H16FN3OS. The van der Waals surface area contributed by atoms with E-state index in [4.69, 9.17) is 4.74 Å². The van der Waals surface area contributed by atoms with Crippen LogP contribution in [0, 0.1) is 5.82 Å². The number of hydrogen-bond acceptors (Lipinski definition) is 5. The molecule has 0 saturated heterocycles. The average molecular weight is 377 g/mol. The molecule has 0 atom stereocenters. The summed E-state index contributed by atoms with van der Waals surface area (Å²) >= 11 is 1.56. The minimum atomic E-state index is -0.248. The maximum absolute atomic E-state index is 12.9. The van der Waals surface area contributed by atoms with Gasteiger partial charge in [-0.2, -0.15) is 5.10 Å². The Morgan fingerprint density at radius 1 is 1.00 bits per heavy atom. The molecule has 0 unspecified atom stereocenters. The Labute approximate surface area is 160 Å². The van der Waals surface area contributed by atoms with Gasteiger partial charge in [-0.05, 0) is 59.7 Å². The van der Waals surface area contributed by atoms with E-state index in [2.05, 4.69) is 15.5 Å². The summed E-state index contributed by atoms with van der Waals surface area (Å²) in [6, 6.07) is 21.8. The van der Waals surface area contributed by atoms with Gasteiger partial charge in [0.25, 0.3) is 0 Å². The van der Waals surface area contributed by atoms with Gasteiger partial charge in [0.1, 0.15) is 18.2 Å². The lowest BCUT2D eigenvalue weighted by molar-refractivity contribution is 0.306. The summed E-state index contributed by atoms with van der Waals surface area (Å²) in [6.07, 6.45) is 1.73. The number of anilines is 1. The fourth-order valence-electron chi connectivity index (χ4n) is 2.48. The van der Waals surface area contributed by atoms with Crippen molar-refractivity contribution in [3.63, 3.8) is 0 Å². The standard InChI is InChI=1S/C21H16FN3OS/c22-17-9-5-16(6-10-17)14-26-18-11-7-15(8-12-18)13-23-25-21-24-19-3-1-2-4-20(19)27-21/h1-13H,14H2,(H,24,25)/b23-13+. The van der Waals surface area contributed by atoms with Crippen LogP contribution >= 0.6 is 11.3 Å². The summed E-state index contributed by atoms with van der Waals surface area (Å²) in [6.45, 7) is 0.396. The van der Waals surface area contributed by atoms with E-state index in [0.717, 1.165) is 32.2 Å². The lowest BCUT2D eigenvalue weighted by Crippen LogP contribution is -1.96. The number of nitrogens with one attached hydrogen (secondary N) is 1. The van der Waals surface area contributed by atoms with E-state index in [9.17, 15) is 4.39 Å². The molecule has 4 aromatic rings. The normalized spacial score (nSPS) is 11.1. The van der Waals surface area contributed by atoms with Crippen molar-refractivity contribution in [3.8, 4) is 5.75 Å². The van der Waals surface area contributed by atoms with Crippen LogP contribution in [-0.4, -0.2) is 11.2 Å². The molecule has 0 fully saturated rings. The summed E-state index contributed by atoms with van der Waals surface area (Å²) in [4.78, 5) is 4.47. The van der Waals surface area contributed by atoms with Crippen LogP contribution < -0.4 is 10.2 Å². The van der Waals surface area contributed by atoms with Crippen molar-refractivity contribution in [3.05, 3.63) is 89.7 Å². The molecule has 0 aliphatic carbocycles. The molecule has 0 amide bonds. The van der Waals surface area contributed by atoms with Crippen LogP contribution in [0.1, 0.15) is 11.1 Å². The Balaban J connectivity index is 1.33. The molecule has 1 heterocycles. The molecule has 1 aromatic heterocycles. The van der Waals surface area contributed by atoms with Gasteiger partial charge in [0.15, 0.2) is 0 Å². The van der Waals surface area contributed by atoms with Gasteiger partial charge in [-0.15, -0.1) is 0 Å². The number of benzene rings is 3. The maximum atomic E-state index is 12.9. The first-order valence-corrected chi connectivity index (χ1v) is 9.20. The van der Waals surface area contributed by atoms with Gasteiger partial charge in [-0.3, -0.25) is 5.43 Å². The van der Waals surface area contributed by atoms with Crippen molar-refractivity contribution in [1.29, 1.82) is 0 Å². The number of hydrogen-bond donors (Lipinski definition) is 1. The Morgan fingerprint density at radius 2 is 1.78 bits per heavy atom.